The van der Waals surface area contributed by atoms with Crippen LogP contribution in [-0.2, 0) is 9.53 Å². The molecule has 1 aromatic rings. The molecule has 0 radical (unpaired) electrons. The molecule has 0 aromatic heterocycles. The Hall–Kier alpha value is -1.90. The normalized spacial score (nSPS) is 21.9. The Morgan fingerprint density at radius 3 is 2.95 bits per heavy atom. The second-order valence-corrected chi connectivity index (χ2v) is 4.67. The number of likely N-dealkylation sites (N-methyl/N-ethyl adjacent to an activating group) is 1. The van der Waals surface area contributed by atoms with Gasteiger partial charge in [-0.25, -0.2) is 0 Å². The van der Waals surface area contributed by atoms with Gasteiger partial charge in [-0.1, -0.05) is 6.07 Å². The Morgan fingerprint density at radius 1 is 1.47 bits per heavy atom. The Kier molecular flexibility index (Phi) is 4.15. The molecule has 1 aliphatic heterocycles. The van der Waals surface area contributed by atoms with Crippen molar-refractivity contribution in [3.05, 3.63) is 29.3 Å². The highest BCUT2D eigenvalue weighted by Gasteiger charge is 2.33. The fourth-order valence-corrected chi connectivity index (χ4v) is 2.15. The van der Waals surface area contributed by atoms with E-state index < -0.39 is 0 Å². The summed E-state index contributed by atoms with van der Waals surface area (Å²) in [6.07, 6.45) is 0. The van der Waals surface area contributed by atoms with Crippen molar-refractivity contribution >= 4 is 11.6 Å². The Bertz CT molecular complexity index is 522. The van der Waals surface area contributed by atoms with Crippen LogP contribution >= 0.6 is 0 Å². The number of carbonyl (C=O) groups is 1. The number of benzene rings is 1. The fraction of sp³-hybridized carbons (Fsp3) is 0.429. The predicted molar refractivity (Wildman–Crippen MR) is 71.7 cm³/mol. The first-order valence-corrected chi connectivity index (χ1v) is 6.22. The number of nitriles is 1. The maximum Gasteiger partial charge on any atom is 0.231 e. The fourth-order valence-electron chi connectivity index (χ4n) is 2.15. The summed E-state index contributed by atoms with van der Waals surface area (Å²) in [6.45, 7) is 2.87. The standard InChI is InChI=1S/C14H17N3O2/c1-9-3-4-10(6-15)5-12(9)17-14(18)11-7-19-8-13(11)16-2/h3-5,11,13,16H,7-8H2,1-2H3,(H,17,18). The van der Waals surface area contributed by atoms with Gasteiger partial charge in [-0.3, -0.25) is 4.79 Å². The second kappa shape index (κ2) is 5.83. The third kappa shape index (κ3) is 2.92. The molecule has 2 rings (SSSR count). The van der Waals surface area contributed by atoms with Crippen molar-refractivity contribution in [2.24, 2.45) is 5.92 Å². The molecule has 0 aliphatic carbocycles. The van der Waals surface area contributed by atoms with Gasteiger partial charge in [0, 0.05) is 11.7 Å². The van der Waals surface area contributed by atoms with E-state index >= 15 is 0 Å². The van der Waals surface area contributed by atoms with Gasteiger partial charge in [0.15, 0.2) is 0 Å². The number of amides is 1. The van der Waals surface area contributed by atoms with Gasteiger partial charge in [0.1, 0.15) is 0 Å². The van der Waals surface area contributed by atoms with Crippen LogP contribution in [0.5, 0.6) is 0 Å². The average Bonchev–Trinajstić information content (AvgIpc) is 2.89. The van der Waals surface area contributed by atoms with Gasteiger partial charge in [-0.15, -0.1) is 0 Å². The predicted octanol–water partition coefficient (Wildman–Crippen LogP) is 1.04. The summed E-state index contributed by atoms with van der Waals surface area (Å²) in [5, 5.41) is 14.8. The van der Waals surface area contributed by atoms with Crippen LogP contribution < -0.4 is 10.6 Å². The Balaban J connectivity index is 2.13. The largest absolute Gasteiger partial charge is 0.379 e. The minimum atomic E-state index is -0.199. The van der Waals surface area contributed by atoms with E-state index in [1.54, 1.807) is 12.1 Å². The molecule has 1 saturated heterocycles. The SMILES string of the molecule is CNC1COCC1C(=O)Nc1cc(C#N)ccc1C. The zero-order valence-corrected chi connectivity index (χ0v) is 11.1. The summed E-state index contributed by atoms with van der Waals surface area (Å²) in [5.41, 5.74) is 2.16. The lowest BCUT2D eigenvalue weighted by molar-refractivity contribution is -0.120. The minimum Gasteiger partial charge on any atom is -0.379 e. The number of anilines is 1. The monoisotopic (exact) mass is 259 g/mol. The number of nitrogens with one attached hydrogen (secondary N) is 2. The van der Waals surface area contributed by atoms with E-state index in [0.29, 0.717) is 24.5 Å². The van der Waals surface area contributed by atoms with Crippen molar-refractivity contribution in [2.75, 3.05) is 25.6 Å². The molecule has 0 bridgehead atoms. The number of hydrogen-bond donors (Lipinski definition) is 2. The van der Waals surface area contributed by atoms with Gasteiger partial charge < -0.3 is 15.4 Å². The summed E-state index contributed by atoms with van der Waals surface area (Å²) < 4.78 is 5.32. The van der Waals surface area contributed by atoms with Gasteiger partial charge in [-0.2, -0.15) is 5.26 Å². The van der Waals surface area contributed by atoms with Gasteiger partial charge >= 0.3 is 0 Å². The summed E-state index contributed by atoms with van der Waals surface area (Å²) in [5.74, 6) is -0.273. The number of carbonyl (C=O) groups excluding carboxylic acids is 1. The van der Waals surface area contributed by atoms with Crippen molar-refractivity contribution in [3.63, 3.8) is 0 Å². The van der Waals surface area contributed by atoms with Crippen LogP contribution in [0.1, 0.15) is 11.1 Å². The highest BCUT2D eigenvalue weighted by Crippen LogP contribution is 2.20. The first-order chi connectivity index (χ1) is 9.15. The Labute approximate surface area is 112 Å². The summed E-state index contributed by atoms with van der Waals surface area (Å²) in [7, 11) is 1.82. The zero-order chi connectivity index (χ0) is 13.8. The van der Waals surface area contributed by atoms with Crippen LogP contribution in [-0.4, -0.2) is 32.2 Å². The molecule has 0 spiro atoms. The average molecular weight is 259 g/mol. The molecule has 1 fully saturated rings. The number of aryl methyl sites for hydroxylation is 1. The quantitative estimate of drug-likeness (QED) is 0.850. The smallest absolute Gasteiger partial charge is 0.231 e. The molecule has 5 heteroatoms. The van der Waals surface area contributed by atoms with E-state index in [1.165, 1.54) is 0 Å². The highest BCUT2D eigenvalue weighted by atomic mass is 16.5. The van der Waals surface area contributed by atoms with Crippen LogP contribution in [0, 0.1) is 24.2 Å². The first-order valence-electron chi connectivity index (χ1n) is 6.22. The van der Waals surface area contributed by atoms with E-state index in [1.807, 2.05) is 20.0 Å². The van der Waals surface area contributed by atoms with E-state index in [2.05, 4.69) is 16.7 Å². The molecule has 1 amide bonds. The highest BCUT2D eigenvalue weighted by molar-refractivity contribution is 5.94. The van der Waals surface area contributed by atoms with Gasteiger partial charge in [0.2, 0.25) is 5.91 Å². The van der Waals surface area contributed by atoms with E-state index in [-0.39, 0.29) is 17.9 Å². The van der Waals surface area contributed by atoms with E-state index in [4.69, 9.17) is 10.00 Å². The number of rotatable bonds is 3. The summed E-state index contributed by atoms with van der Waals surface area (Å²) in [4.78, 5) is 12.2. The second-order valence-electron chi connectivity index (χ2n) is 4.67. The maximum absolute atomic E-state index is 12.2. The van der Waals surface area contributed by atoms with Crippen molar-refractivity contribution in [3.8, 4) is 6.07 Å². The van der Waals surface area contributed by atoms with Crippen LogP contribution in [0.25, 0.3) is 0 Å². The Morgan fingerprint density at radius 2 is 2.26 bits per heavy atom. The third-order valence-electron chi connectivity index (χ3n) is 3.41. The minimum absolute atomic E-state index is 0.0412. The molecule has 2 unspecified atom stereocenters. The zero-order valence-electron chi connectivity index (χ0n) is 11.1. The third-order valence-corrected chi connectivity index (χ3v) is 3.41. The van der Waals surface area contributed by atoms with Crippen LogP contribution in [0.3, 0.4) is 0 Å². The van der Waals surface area contributed by atoms with E-state index in [9.17, 15) is 4.79 Å². The number of ether oxygens (including phenoxy) is 1. The lowest BCUT2D eigenvalue weighted by Gasteiger charge is -2.17. The van der Waals surface area contributed by atoms with Gasteiger partial charge in [-0.05, 0) is 31.7 Å². The van der Waals surface area contributed by atoms with Crippen molar-refractivity contribution in [1.82, 2.24) is 5.32 Å². The van der Waals surface area contributed by atoms with Crippen molar-refractivity contribution in [1.29, 1.82) is 5.26 Å². The molecular weight excluding hydrogens is 242 g/mol. The topological polar surface area (TPSA) is 74.2 Å². The molecular formula is C14H17N3O2. The first kappa shape index (κ1) is 13.5. The maximum atomic E-state index is 12.2. The van der Waals surface area contributed by atoms with Crippen molar-refractivity contribution in [2.45, 2.75) is 13.0 Å². The van der Waals surface area contributed by atoms with Crippen molar-refractivity contribution < 1.29 is 9.53 Å². The molecule has 2 N–H and O–H groups in total. The van der Waals surface area contributed by atoms with Crippen LogP contribution in [0.2, 0.25) is 0 Å². The number of hydrogen-bond acceptors (Lipinski definition) is 4. The molecule has 5 nitrogen and oxygen atoms in total. The van der Waals surface area contributed by atoms with Gasteiger partial charge in [0.25, 0.3) is 0 Å². The summed E-state index contributed by atoms with van der Waals surface area (Å²) >= 11 is 0. The molecule has 2 atom stereocenters. The number of nitrogens with zero attached hydrogens (tertiary/aromatic N) is 1. The lowest BCUT2D eigenvalue weighted by Crippen LogP contribution is -2.39. The molecule has 1 heterocycles. The van der Waals surface area contributed by atoms with E-state index in [0.717, 1.165) is 5.56 Å². The molecule has 19 heavy (non-hydrogen) atoms. The lowest BCUT2D eigenvalue weighted by atomic mass is 10.0. The molecule has 1 aromatic carbocycles. The van der Waals surface area contributed by atoms with Crippen LogP contribution in [0.15, 0.2) is 18.2 Å². The summed E-state index contributed by atoms with van der Waals surface area (Å²) in [6, 6.07) is 7.37. The molecule has 0 saturated carbocycles. The van der Waals surface area contributed by atoms with Gasteiger partial charge in [0.05, 0.1) is 30.8 Å². The molecule has 100 valence electrons. The van der Waals surface area contributed by atoms with Crippen LogP contribution in [0.4, 0.5) is 5.69 Å². The molecule has 1 aliphatic rings.